The number of anilines is 2. The van der Waals surface area contributed by atoms with E-state index in [1.807, 2.05) is 42.7 Å². The van der Waals surface area contributed by atoms with Crippen LogP contribution < -0.4 is 5.32 Å². The normalized spacial score (nSPS) is 16.1. The van der Waals surface area contributed by atoms with Crippen molar-refractivity contribution in [3.05, 3.63) is 66.1 Å². The summed E-state index contributed by atoms with van der Waals surface area (Å²) in [5.41, 5.74) is 6.84. The molecule has 0 saturated heterocycles. The fraction of sp³-hybridized carbons (Fsp3) is 0.273. The Kier molecular flexibility index (Phi) is 4.57. The van der Waals surface area contributed by atoms with Crippen molar-refractivity contribution in [1.29, 1.82) is 0 Å². The van der Waals surface area contributed by atoms with E-state index in [4.69, 9.17) is 0 Å². The molecule has 1 unspecified atom stereocenters. The molecule has 4 heteroatoms. The number of aldehydes is 1. The number of hydrogen-bond acceptors (Lipinski definition) is 3. The molecule has 1 aliphatic carbocycles. The van der Waals surface area contributed by atoms with E-state index in [0.29, 0.717) is 0 Å². The van der Waals surface area contributed by atoms with Crippen LogP contribution in [0.1, 0.15) is 36.9 Å². The third kappa shape index (κ3) is 2.81. The lowest BCUT2D eigenvalue weighted by atomic mass is 9.86. The van der Waals surface area contributed by atoms with Gasteiger partial charge in [-0.05, 0) is 50.5 Å². The molecule has 0 spiro atoms. The molecule has 0 amide bonds. The highest BCUT2D eigenvalue weighted by Gasteiger charge is 2.31. The third-order valence-corrected chi connectivity index (χ3v) is 5.19. The molecule has 0 saturated carbocycles. The Morgan fingerprint density at radius 2 is 1.96 bits per heavy atom. The molecule has 4 nitrogen and oxygen atoms in total. The highest BCUT2D eigenvalue weighted by Crippen LogP contribution is 2.45. The predicted octanol–water partition coefficient (Wildman–Crippen LogP) is 4.93. The molecule has 0 aliphatic heterocycles. The van der Waals surface area contributed by atoms with Crippen LogP contribution in [0.3, 0.4) is 0 Å². The SMILES string of the molecule is CCn1c2c(c(Nc3ccccc3)c1-c1ccncc1)C(C=O)CCC2. The van der Waals surface area contributed by atoms with E-state index in [0.717, 1.165) is 54.7 Å². The maximum absolute atomic E-state index is 11.8. The van der Waals surface area contributed by atoms with Crippen LogP contribution >= 0.6 is 0 Å². The largest absolute Gasteiger partial charge is 0.354 e. The lowest BCUT2D eigenvalue weighted by molar-refractivity contribution is -0.109. The highest BCUT2D eigenvalue weighted by atomic mass is 16.1. The van der Waals surface area contributed by atoms with E-state index < -0.39 is 0 Å². The molecule has 2 aromatic heterocycles. The van der Waals surface area contributed by atoms with Crippen molar-refractivity contribution >= 4 is 17.7 Å². The van der Waals surface area contributed by atoms with Crippen LogP contribution in [0.2, 0.25) is 0 Å². The smallest absolute Gasteiger partial charge is 0.127 e. The zero-order valence-corrected chi connectivity index (χ0v) is 15.0. The second kappa shape index (κ2) is 7.16. The number of hydrogen-bond donors (Lipinski definition) is 1. The standard InChI is InChI=1S/C22H23N3O/c1-2-25-19-10-6-7-17(15-26)20(19)21(24-18-8-4-3-5-9-18)22(25)16-11-13-23-14-12-16/h3-5,8-9,11-15,17,24H,2,6-7,10H2,1H3. The topological polar surface area (TPSA) is 46.9 Å². The Labute approximate surface area is 153 Å². The number of para-hydroxylation sites is 1. The summed E-state index contributed by atoms with van der Waals surface area (Å²) < 4.78 is 2.37. The van der Waals surface area contributed by atoms with E-state index in [1.54, 1.807) is 0 Å². The van der Waals surface area contributed by atoms with Crippen molar-refractivity contribution in [1.82, 2.24) is 9.55 Å². The van der Waals surface area contributed by atoms with Crippen molar-refractivity contribution in [3.8, 4) is 11.3 Å². The number of benzene rings is 1. The summed E-state index contributed by atoms with van der Waals surface area (Å²) >= 11 is 0. The van der Waals surface area contributed by atoms with Crippen LogP contribution in [0.4, 0.5) is 11.4 Å². The van der Waals surface area contributed by atoms with Crippen LogP contribution in [0, 0.1) is 0 Å². The summed E-state index contributed by atoms with van der Waals surface area (Å²) in [5.74, 6) is -0.0432. The maximum Gasteiger partial charge on any atom is 0.127 e. The molecule has 0 radical (unpaired) electrons. The summed E-state index contributed by atoms with van der Waals surface area (Å²) in [4.78, 5) is 16.0. The molecule has 132 valence electrons. The Morgan fingerprint density at radius 1 is 1.19 bits per heavy atom. The van der Waals surface area contributed by atoms with Gasteiger partial charge in [0.1, 0.15) is 6.29 Å². The molecular formula is C22H23N3O. The summed E-state index contributed by atoms with van der Waals surface area (Å²) in [6.07, 6.45) is 7.76. The minimum absolute atomic E-state index is 0.0432. The van der Waals surface area contributed by atoms with Gasteiger partial charge in [-0.2, -0.15) is 0 Å². The van der Waals surface area contributed by atoms with Crippen molar-refractivity contribution < 1.29 is 4.79 Å². The number of pyridine rings is 1. The van der Waals surface area contributed by atoms with Gasteiger partial charge in [-0.15, -0.1) is 0 Å². The predicted molar refractivity (Wildman–Crippen MR) is 105 cm³/mol. The van der Waals surface area contributed by atoms with Gasteiger partial charge in [-0.3, -0.25) is 4.98 Å². The average Bonchev–Trinajstić information content (AvgIpc) is 3.03. The molecule has 1 aromatic carbocycles. The average molecular weight is 345 g/mol. The number of carbonyl (C=O) groups excluding carboxylic acids is 1. The molecule has 26 heavy (non-hydrogen) atoms. The summed E-state index contributed by atoms with van der Waals surface area (Å²) in [5, 5.41) is 3.62. The molecule has 4 rings (SSSR count). The van der Waals surface area contributed by atoms with Gasteiger partial charge in [0.2, 0.25) is 0 Å². The first-order valence-electron chi connectivity index (χ1n) is 9.26. The monoisotopic (exact) mass is 345 g/mol. The van der Waals surface area contributed by atoms with Crippen molar-refractivity contribution in [3.63, 3.8) is 0 Å². The van der Waals surface area contributed by atoms with Crippen LogP contribution in [-0.2, 0) is 17.8 Å². The Balaban J connectivity index is 1.96. The lowest BCUT2D eigenvalue weighted by Gasteiger charge is -2.21. The molecule has 1 N–H and O–H groups in total. The highest BCUT2D eigenvalue weighted by molar-refractivity contribution is 5.86. The van der Waals surface area contributed by atoms with E-state index in [2.05, 4.69) is 33.9 Å². The first kappa shape index (κ1) is 16.6. The molecule has 1 atom stereocenters. The minimum Gasteiger partial charge on any atom is -0.354 e. The number of fused-ring (bicyclic) bond motifs is 1. The first-order valence-corrected chi connectivity index (χ1v) is 9.26. The Bertz CT molecular complexity index is 900. The van der Waals surface area contributed by atoms with Gasteiger partial charge < -0.3 is 14.7 Å². The van der Waals surface area contributed by atoms with Crippen molar-refractivity contribution in [2.75, 3.05) is 5.32 Å². The molecule has 0 bridgehead atoms. The van der Waals surface area contributed by atoms with E-state index >= 15 is 0 Å². The van der Waals surface area contributed by atoms with Gasteiger partial charge in [0.15, 0.2) is 0 Å². The van der Waals surface area contributed by atoms with Crippen molar-refractivity contribution in [2.45, 2.75) is 38.6 Å². The van der Waals surface area contributed by atoms with Gasteiger partial charge in [0, 0.05) is 47.4 Å². The van der Waals surface area contributed by atoms with Crippen LogP contribution in [0.15, 0.2) is 54.9 Å². The summed E-state index contributed by atoms with van der Waals surface area (Å²) in [6, 6.07) is 14.3. The molecule has 2 heterocycles. The van der Waals surface area contributed by atoms with Gasteiger partial charge in [-0.1, -0.05) is 18.2 Å². The molecule has 3 aromatic rings. The van der Waals surface area contributed by atoms with Gasteiger partial charge >= 0.3 is 0 Å². The van der Waals surface area contributed by atoms with E-state index in [1.165, 1.54) is 11.3 Å². The Hall–Kier alpha value is -2.88. The van der Waals surface area contributed by atoms with Gasteiger partial charge in [0.05, 0.1) is 11.4 Å². The van der Waals surface area contributed by atoms with E-state index in [9.17, 15) is 4.79 Å². The maximum atomic E-state index is 11.8. The second-order valence-corrected chi connectivity index (χ2v) is 6.69. The second-order valence-electron chi connectivity index (χ2n) is 6.69. The minimum atomic E-state index is -0.0432. The summed E-state index contributed by atoms with van der Waals surface area (Å²) in [6.45, 7) is 3.05. The number of carbonyl (C=O) groups is 1. The third-order valence-electron chi connectivity index (χ3n) is 5.19. The van der Waals surface area contributed by atoms with Crippen LogP contribution in [0.25, 0.3) is 11.3 Å². The zero-order valence-electron chi connectivity index (χ0n) is 15.0. The number of nitrogens with one attached hydrogen (secondary N) is 1. The molecular weight excluding hydrogens is 322 g/mol. The fourth-order valence-electron chi connectivity index (χ4n) is 4.08. The summed E-state index contributed by atoms with van der Waals surface area (Å²) in [7, 11) is 0. The molecule has 1 aliphatic rings. The number of nitrogens with zero attached hydrogens (tertiary/aromatic N) is 2. The van der Waals surface area contributed by atoms with Crippen molar-refractivity contribution in [2.24, 2.45) is 0 Å². The van der Waals surface area contributed by atoms with Gasteiger partial charge in [0.25, 0.3) is 0 Å². The first-order chi connectivity index (χ1) is 12.8. The van der Waals surface area contributed by atoms with Gasteiger partial charge in [-0.25, -0.2) is 0 Å². The number of rotatable bonds is 5. The quantitative estimate of drug-likeness (QED) is 0.667. The Morgan fingerprint density at radius 3 is 2.65 bits per heavy atom. The fourth-order valence-corrected chi connectivity index (χ4v) is 4.08. The lowest BCUT2D eigenvalue weighted by Crippen LogP contribution is -2.13. The zero-order chi connectivity index (χ0) is 17.9. The van der Waals surface area contributed by atoms with E-state index in [-0.39, 0.29) is 5.92 Å². The van der Waals surface area contributed by atoms with Crippen LogP contribution in [-0.4, -0.2) is 15.8 Å². The number of aromatic nitrogens is 2. The van der Waals surface area contributed by atoms with Crippen LogP contribution in [0.5, 0.6) is 0 Å². The molecule has 0 fully saturated rings.